The van der Waals surface area contributed by atoms with E-state index in [2.05, 4.69) is 0 Å². The predicted molar refractivity (Wildman–Crippen MR) is 84.9 cm³/mol. The molecule has 2 unspecified atom stereocenters. The van der Waals surface area contributed by atoms with E-state index in [9.17, 15) is 13.5 Å². The van der Waals surface area contributed by atoms with Crippen molar-refractivity contribution in [3.05, 3.63) is 34.3 Å². The fourth-order valence-electron chi connectivity index (χ4n) is 2.93. The van der Waals surface area contributed by atoms with Gasteiger partial charge >= 0.3 is 0 Å². The van der Waals surface area contributed by atoms with E-state index >= 15 is 0 Å². The van der Waals surface area contributed by atoms with E-state index in [1.165, 1.54) is 10.6 Å². The van der Waals surface area contributed by atoms with Crippen LogP contribution in [0.15, 0.2) is 18.2 Å². The molecular weight excluding hydrogens is 310 g/mol. The summed E-state index contributed by atoms with van der Waals surface area (Å²) in [4.78, 5) is 0. The normalized spacial score (nSPS) is 22.2. The number of aliphatic hydroxyl groups is 1. The van der Waals surface area contributed by atoms with Crippen molar-refractivity contribution in [1.82, 2.24) is 4.31 Å². The highest BCUT2D eigenvalue weighted by molar-refractivity contribution is 7.88. The van der Waals surface area contributed by atoms with Crippen molar-refractivity contribution in [1.29, 1.82) is 0 Å². The number of sulfonamides is 1. The SMILES string of the molecule is Cc1cc(Cl)cc(C(O)CC2CCCN(S(C)(=O)=O)C2)c1. The summed E-state index contributed by atoms with van der Waals surface area (Å²) in [5.41, 5.74) is 1.81. The Hall–Kier alpha value is -0.620. The van der Waals surface area contributed by atoms with Crippen LogP contribution < -0.4 is 0 Å². The number of piperidine rings is 1. The molecule has 2 atom stereocenters. The fourth-order valence-corrected chi connectivity index (χ4v) is 4.17. The molecule has 1 N–H and O–H groups in total. The fraction of sp³-hybridized carbons (Fsp3) is 0.600. The molecule has 118 valence electrons. The number of hydrogen-bond acceptors (Lipinski definition) is 3. The van der Waals surface area contributed by atoms with Gasteiger partial charge in [-0.1, -0.05) is 17.7 Å². The minimum Gasteiger partial charge on any atom is -0.388 e. The van der Waals surface area contributed by atoms with Gasteiger partial charge < -0.3 is 5.11 Å². The highest BCUT2D eigenvalue weighted by atomic mass is 35.5. The molecule has 6 heteroatoms. The van der Waals surface area contributed by atoms with Gasteiger partial charge in [-0.2, -0.15) is 0 Å². The van der Waals surface area contributed by atoms with Crippen molar-refractivity contribution in [3.8, 4) is 0 Å². The molecule has 1 heterocycles. The van der Waals surface area contributed by atoms with Crippen molar-refractivity contribution in [2.24, 2.45) is 5.92 Å². The van der Waals surface area contributed by atoms with Crippen LogP contribution in [0.25, 0.3) is 0 Å². The molecule has 0 bridgehead atoms. The van der Waals surface area contributed by atoms with Crippen molar-refractivity contribution >= 4 is 21.6 Å². The Balaban J connectivity index is 2.03. The van der Waals surface area contributed by atoms with Gasteiger partial charge in [-0.05, 0) is 55.4 Å². The van der Waals surface area contributed by atoms with Crippen LogP contribution in [0.5, 0.6) is 0 Å². The average Bonchev–Trinajstić information content (AvgIpc) is 2.37. The third kappa shape index (κ3) is 4.68. The van der Waals surface area contributed by atoms with E-state index in [-0.39, 0.29) is 5.92 Å². The Labute approximate surface area is 131 Å². The van der Waals surface area contributed by atoms with Crippen LogP contribution in [-0.2, 0) is 10.0 Å². The summed E-state index contributed by atoms with van der Waals surface area (Å²) in [5.74, 6) is 0.183. The molecule has 0 saturated carbocycles. The molecule has 0 spiro atoms. The first kappa shape index (κ1) is 16.7. The van der Waals surface area contributed by atoms with Gasteiger partial charge in [0.25, 0.3) is 0 Å². The Morgan fingerprint density at radius 2 is 2.14 bits per heavy atom. The van der Waals surface area contributed by atoms with Gasteiger partial charge in [-0.3, -0.25) is 0 Å². The first-order valence-electron chi connectivity index (χ1n) is 7.16. The van der Waals surface area contributed by atoms with E-state index in [1.54, 1.807) is 6.07 Å². The summed E-state index contributed by atoms with van der Waals surface area (Å²) in [6, 6.07) is 5.55. The Morgan fingerprint density at radius 1 is 1.43 bits per heavy atom. The molecule has 21 heavy (non-hydrogen) atoms. The number of rotatable bonds is 4. The molecule has 0 aliphatic carbocycles. The second-order valence-corrected chi connectivity index (χ2v) is 8.36. The number of hydrogen-bond donors (Lipinski definition) is 1. The number of aryl methyl sites for hydroxylation is 1. The highest BCUT2D eigenvalue weighted by Gasteiger charge is 2.27. The van der Waals surface area contributed by atoms with Gasteiger partial charge in [-0.15, -0.1) is 0 Å². The summed E-state index contributed by atoms with van der Waals surface area (Å²) in [6.45, 7) is 3.02. The lowest BCUT2D eigenvalue weighted by Gasteiger charge is -2.32. The first-order valence-corrected chi connectivity index (χ1v) is 9.38. The van der Waals surface area contributed by atoms with Crippen LogP contribution in [0, 0.1) is 12.8 Å². The predicted octanol–water partition coefficient (Wildman–Crippen LogP) is 2.74. The minimum absolute atomic E-state index is 0.183. The van der Waals surface area contributed by atoms with Gasteiger partial charge in [0.2, 0.25) is 10.0 Å². The molecule has 0 amide bonds. The molecule has 1 fully saturated rings. The second-order valence-electron chi connectivity index (χ2n) is 5.94. The van der Waals surface area contributed by atoms with Crippen LogP contribution in [0.4, 0.5) is 0 Å². The lowest BCUT2D eigenvalue weighted by molar-refractivity contribution is 0.123. The van der Waals surface area contributed by atoms with Crippen molar-refractivity contribution in [2.45, 2.75) is 32.3 Å². The van der Waals surface area contributed by atoms with Crippen LogP contribution in [0.1, 0.15) is 36.5 Å². The van der Waals surface area contributed by atoms with E-state index in [0.29, 0.717) is 24.5 Å². The van der Waals surface area contributed by atoms with Gasteiger partial charge in [0.1, 0.15) is 0 Å². The maximum Gasteiger partial charge on any atom is 0.211 e. The summed E-state index contributed by atoms with van der Waals surface area (Å²) in [7, 11) is -3.14. The quantitative estimate of drug-likeness (QED) is 0.923. The molecular formula is C15H22ClNO3S. The largest absolute Gasteiger partial charge is 0.388 e. The van der Waals surface area contributed by atoms with Gasteiger partial charge in [0.05, 0.1) is 12.4 Å². The number of nitrogens with zero attached hydrogens (tertiary/aromatic N) is 1. The van der Waals surface area contributed by atoms with E-state index < -0.39 is 16.1 Å². The number of halogens is 1. The Kier molecular flexibility index (Phi) is 5.30. The second kappa shape index (κ2) is 6.65. The molecule has 1 aliphatic heterocycles. The Morgan fingerprint density at radius 3 is 2.76 bits per heavy atom. The number of aliphatic hydroxyl groups excluding tert-OH is 1. The van der Waals surface area contributed by atoms with Crippen LogP contribution in [-0.4, -0.2) is 37.2 Å². The molecule has 1 saturated heterocycles. The minimum atomic E-state index is -3.14. The van der Waals surface area contributed by atoms with Gasteiger partial charge in [-0.25, -0.2) is 12.7 Å². The number of benzene rings is 1. The van der Waals surface area contributed by atoms with E-state index in [0.717, 1.165) is 24.0 Å². The molecule has 0 aromatic heterocycles. The van der Waals surface area contributed by atoms with Gasteiger partial charge in [0, 0.05) is 18.1 Å². The highest BCUT2D eigenvalue weighted by Crippen LogP contribution is 2.30. The van der Waals surface area contributed by atoms with Gasteiger partial charge in [0.15, 0.2) is 0 Å². The lowest BCUT2D eigenvalue weighted by atomic mass is 9.90. The first-order chi connectivity index (χ1) is 9.75. The summed E-state index contributed by atoms with van der Waals surface area (Å²) in [6.07, 6.45) is 2.99. The van der Waals surface area contributed by atoms with Crippen molar-refractivity contribution < 1.29 is 13.5 Å². The molecule has 0 radical (unpaired) electrons. The lowest BCUT2D eigenvalue weighted by Crippen LogP contribution is -2.39. The van der Waals surface area contributed by atoms with Crippen LogP contribution >= 0.6 is 11.6 Å². The zero-order valence-corrected chi connectivity index (χ0v) is 14.0. The zero-order chi connectivity index (χ0) is 15.6. The van der Waals surface area contributed by atoms with Crippen LogP contribution in [0.2, 0.25) is 5.02 Å². The molecule has 1 aliphatic rings. The van der Waals surface area contributed by atoms with Crippen molar-refractivity contribution in [2.75, 3.05) is 19.3 Å². The van der Waals surface area contributed by atoms with E-state index in [4.69, 9.17) is 11.6 Å². The molecule has 2 rings (SSSR count). The standard InChI is InChI=1S/C15H22ClNO3S/c1-11-6-13(9-14(16)7-11)15(18)8-12-4-3-5-17(10-12)21(2,19)20/h6-7,9,12,15,18H,3-5,8,10H2,1-2H3. The smallest absolute Gasteiger partial charge is 0.211 e. The van der Waals surface area contributed by atoms with Crippen LogP contribution in [0.3, 0.4) is 0 Å². The molecule has 1 aromatic rings. The topological polar surface area (TPSA) is 57.6 Å². The third-order valence-electron chi connectivity index (χ3n) is 3.96. The third-order valence-corrected chi connectivity index (χ3v) is 5.44. The van der Waals surface area contributed by atoms with E-state index in [1.807, 2.05) is 19.1 Å². The molecule has 4 nitrogen and oxygen atoms in total. The summed E-state index contributed by atoms with van der Waals surface area (Å²) >= 11 is 6.02. The Bertz CT molecular complexity index is 583. The molecule has 1 aromatic carbocycles. The maximum atomic E-state index is 11.6. The summed E-state index contributed by atoms with van der Waals surface area (Å²) in [5, 5.41) is 11.0. The monoisotopic (exact) mass is 331 g/mol. The van der Waals surface area contributed by atoms with Crippen molar-refractivity contribution in [3.63, 3.8) is 0 Å². The zero-order valence-electron chi connectivity index (χ0n) is 12.4. The average molecular weight is 332 g/mol. The maximum absolute atomic E-state index is 11.6. The summed E-state index contributed by atoms with van der Waals surface area (Å²) < 4.78 is 24.8.